The molecule has 2 rings (SSSR count). The van der Waals surface area contributed by atoms with Crippen LogP contribution in [0.3, 0.4) is 0 Å². The summed E-state index contributed by atoms with van der Waals surface area (Å²) < 4.78 is 0. The van der Waals surface area contributed by atoms with Crippen molar-refractivity contribution >= 4 is 23.6 Å². The number of nitrogens with zero attached hydrogens (tertiary/aromatic N) is 1. The van der Waals surface area contributed by atoms with Gasteiger partial charge in [0.25, 0.3) is 5.91 Å². The lowest BCUT2D eigenvalue weighted by Crippen LogP contribution is -2.31. The van der Waals surface area contributed by atoms with Crippen molar-refractivity contribution < 1.29 is 9.59 Å². The summed E-state index contributed by atoms with van der Waals surface area (Å²) in [6, 6.07) is 9.68. The van der Waals surface area contributed by atoms with E-state index in [-0.39, 0.29) is 18.2 Å². The molecular weight excluding hydrogens is 346 g/mol. The van der Waals surface area contributed by atoms with E-state index in [0.717, 1.165) is 11.3 Å². The summed E-state index contributed by atoms with van der Waals surface area (Å²) in [7, 11) is 0. The Kier molecular flexibility index (Phi) is 7.66. The predicted octanol–water partition coefficient (Wildman–Crippen LogP) is 3.50. The first kappa shape index (κ1) is 20.0. The Morgan fingerprint density at radius 1 is 1.08 bits per heavy atom. The highest BCUT2D eigenvalue weighted by atomic mass is 32.2. The minimum Gasteiger partial charge on any atom is -0.356 e. The van der Waals surface area contributed by atoms with Gasteiger partial charge in [-0.3, -0.25) is 9.59 Å². The van der Waals surface area contributed by atoms with Crippen molar-refractivity contribution in [3.63, 3.8) is 0 Å². The summed E-state index contributed by atoms with van der Waals surface area (Å²) in [5.74, 6) is -0.268. The van der Waals surface area contributed by atoms with Gasteiger partial charge in [-0.15, -0.1) is 0 Å². The Balaban J connectivity index is 2.00. The third-order valence-electron chi connectivity index (χ3n) is 3.92. The number of aryl methyl sites for hydroxylation is 2. The highest BCUT2D eigenvalue weighted by Gasteiger charge is 2.14. The van der Waals surface area contributed by atoms with E-state index in [4.69, 9.17) is 0 Å². The zero-order valence-corrected chi connectivity index (χ0v) is 16.3. The fraction of sp³-hybridized carbons (Fsp3) is 0.350. The SMILES string of the molecule is CCCNC(=O)CCNC(=O)c1cccnc1Sc1ccc(C)c(C)c1. The third kappa shape index (κ3) is 5.88. The van der Waals surface area contributed by atoms with Crippen LogP contribution in [0.1, 0.15) is 41.3 Å². The zero-order valence-electron chi connectivity index (χ0n) is 15.5. The molecule has 0 unspecified atom stereocenters. The molecule has 0 saturated heterocycles. The number of pyridine rings is 1. The largest absolute Gasteiger partial charge is 0.356 e. The Hall–Kier alpha value is -2.34. The number of amides is 2. The summed E-state index contributed by atoms with van der Waals surface area (Å²) >= 11 is 1.47. The monoisotopic (exact) mass is 371 g/mol. The molecule has 2 aromatic rings. The fourth-order valence-electron chi connectivity index (χ4n) is 2.27. The van der Waals surface area contributed by atoms with Crippen molar-refractivity contribution in [2.24, 2.45) is 0 Å². The van der Waals surface area contributed by atoms with E-state index >= 15 is 0 Å². The second-order valence-corrected chi connectivity index (χ2v) is 7.12. The van der Waals surface area contributed by atoms with Crippen molar-refractivity contribution in [3.05, 3.63) is 53.2 Å². The Labute approximate surface area is 159 Å². The zero-order chi connectivity index (χ0) is 18.9. The Bertz CT molecular complexity index is 777. The maximum absolute atomic E-state index is 12.5. The molecule has 2 N–H and O–H groups in total. The molecule has 0 aliphatic rings. The van der Waals surface area contributed by atoms with Gasteiger partial charge < -0.3 is 10.6 Å². The van der Waals surface area contributed by atoms with Crippen LogP contribution in [-0.4, -0.2) is 29.9 Å². The number of carbonyl (C=O) groups excluding carboxylic acids is 2. The molecule has 0 fully saturated rings. The van der Waals surface area contributed by atoms with Crippen LogP contribution in [0.2, 0.25) is 0 Å². The molecule has 6 heteroatoms. The van der Waals surface area contributed by atoms with Gasteiger partial charge >= 0.3 is 0 Å². The molecule has 2 amide bonds. The second-order valence-electron chi connectivity index (χ2n) is 6.06. The molecule has 0 atom stereocenters. The molecule has 0 aliphatic heterocycles. The molecule has 5 nitrogen and oxygen atoms in total. The second kappa shape index (κ2) is 9.97. The number of hydrogen-bond donors (Lipinski definition) is 2. The topological polar surface area (TPSA) is 71.1 Å². The van der Waals surface area contributed by atoms with Crippen molar-refractivity contribution in [2.45, 2.75) is 43.5 Å². The van der Waals surface area contributed by atoms with Gasteiger partial charge in [0.15, 0.2) is 0 Å². The van der Waals surface area contributed by atoms with Crippen LogP contribution in [0.5, 0.6) is 0 Å². The highest BCUT2D eigenvalue weighted by Crippen LogP contribution is 2.29. The van der Waals surface area contributed by atoms with Gasteiger partial charge in [-0.25, -0.2) is 4.98 Å². The molecule has 26 heavy (non-hydrogen) atoms. The molecule has 1 aromatic heterocycles. The van der Waals surface area contributed by atoms with Gasteiger partial charge in [0.2, 0.25) is 5.91 Å². The third-order valence-corrected chi connectivity index (χ3v) is 4.93. The van der Waals surface area contributed by atoms with Crippen LogP contribution in [0, 0.1) is 13.8 Å². The maximum Gasteiger partial charge on any atom is 0.254 e. The van der Waals surface area contributed by atoms with E-state index < -0.39 is 0 Å². The average molecular weight is 372 g/mol. The highest BCUT2D eigenvalue weighted by molar-refractivity contribution is 7.99. The molecule has 0 saturated carbocycles. The first-order chi connectivity index (χ1) is 12.5. The lowest BCUT2D eigenvalue weighted by molar-refractivity contribution is -0.120. The summed E-state index contributed by atoms with van der Waals surface area (Å²) in [6.45, 7) is 7.09. The smallest absolute Gasteiger partial charge is 0.254 e. The maximum atomic E-state index is 12.5. The lowest BCUT2D eigenvalue weighted by atomic mass is 10.1. The van der Waals surface area contributed by atoms with E-state index in [0.29, 0.717) is 23.7 Å². The van der Waals surface area contributed by atoms with Crippen molar-refractivity contribution in [1.29, 1.82) is 0 Å². The molecule has 138 valence electrons. The predicted molar refractivity (Wildman–Crippen MR) is 105 cm³/mol. The minimum absolute atomic E-state index is 0.0527. The molecular formula is C20H25N3O2S. The van der Waals surface area contributed by atoms with Crippen LogP contribution >= 0.6 is 11.8 Å². The van der Waals surface area contributed by atoms with Crippen molar-refractivity contribution in [3.8, 4) is 0 Å². The van der Waals surface area contributed by atoms with Gasteiger partial charge in [-0.05, 0) is 55.7 Å². The Morgan fingerprint density at radius 3 is 2.62 bits per heavy atom. The Morgan fingerprint density at radius 2 is 1.88 bits per heavy atom. The van der Waals surface area contributed by atoms with E-state index in [1.54, 1.807) is 18.3 Å². The van der Waals surface area contributed by atoms with Gasteiger partial charge in [0.05, 0.1) is 5.56 Å². The number of hydrogen-bond acceptors (Lipinski definition) is 4. The summed E-state index contributed by atoms with van der Waals surface area (Å²) in [5, 5.41) is 6.25. The number of aromatic nitrogens is 1. The quantitative estimate of drug-likeness (QED) is 0.745. The first-order valence-electron chi connectivity index (χ1n) is 8.76. The van der Waals surface area contributed by atoms with Crippen LogP contribution in [0.4, 0.5) is 0 Å². The molecule has 0 aliphatic carbocycles. The number of carbonyl (C=O) groups is 2. The van der Waals surface area contributed by atoms with Crippen LogP contribution in [0.25, 0.3) is 0 Å². The summed E-state index contributed by atoms with van der Waals surface area (Å²) in [5.41, 5.74) is 2.95. The van der Waals surface area contributed by atoms with E-state index in [1.165, 1.54) is 22.9 Å². The van der Waals surface area contributed by atoms with Crippen LogP contribution in [0.15, 0.2) is 46.5 Å². The van der Waals surface area contributed by atoms with Gasteiger partial charge in [0.1, 0.15) is 5.03 Å². The number of nitrogens with one attached hydrogen (secondary N) is 2. The average Bonchev–Trinajstić information content (AvgIpc) is 2.63. The van der Waals surface area contributed by atoms with E-state index in [2.05, 4.69) is 41.6 Å². The molecule has 0 radical (unpaired) electrons. The standard InChI is InChI=1S/C20H25N3O2S/c1-4-10-21-18(24)9-12-22-19(25)17-6-5-11-23-20(17)26-16-8-7-14(2)15(3)13-16/h5-8,11,13H,4,9-10,12H2,1-3H3,(H,21,24)(H,22,25). The van der Waals surface area contributed by atoms with Gasteiger partial charge in [0, 0.05) is 30.6 Å². The molecule has 1 aromatic carbocycles. The van der Waals surface area contributed by atoms with Crippen molar-refractivity contribution in [2.75, 3.05) is 13.1 Å². The van der Waals surface area contributed by atoms with E-state index in [1.807, 2.05) is 13.0 Å². The van der Waals surface area contributed by atoms with Crippen molar-refractivity contribution in [1.82, 2.24) is 15.6 Å². The lowest BCUT2D eigenvalue weighted by Gasteiger charge is -2.10. The van der Waals surface area contributed by atoms with E-state index in [9.17, 15) is 9.59 Å². The van der Waals surface area contributed by atoms with Gasteiger partial charge in [-0.1, -0.05) is 24.8 Å². The van der Waals surface area contributed by atoms with Crippen LogP contribution < -0.4 is 10.6 Å². The molecule has 1 heterocycles. The summed E-state index contributed by atoms with van der Waals surface area (Å²) in [6.07, 6.45) is 2.84. The molecule has 0 bridgehead atoms. The first-order valence-corrected chi connectivity index (χ1v) is 9.58. The minimum atomic E-state index is -0.215. The van der Waals surface area contributed by atoms with Crippen LogP contribution in [-0.2, 0) is 4.79 Å². The summed E-state index contributed by atoms with van der Waals surface area (Å²) in [4.78, 5) is 29.5. The molecule has 0 spiro atoms. The normalized spacial score (nSPS) is 10.4. The fourth-order valence-corrected chi connectivity index (χ4v) is 3.25. The van der Waals surface area contributed by atoms with Gasteiger partial charge in [-0.2, -0.15) is 0 Å². The number of benzene rings is 1. The number of rotatable bonds is 8.